The Morgan fingerprint density at radius 3 is 2.53 bits per heavy atom. The third-order valence-corrected chi connectivity index (χ3v) is 3.04. The Morgan fingerprint density at radius 1 is 1.33 bits per heavy atom. The molecule has 1 N–H and O–H groups in total. The van der Waals surface area contributed by atoms with Crippen molar-refractivity contribution in [2.75, 3.05) is 20.3 Å². The Bertz CT molecular complexity index is 158. The van der Waals surface area contributed by atoms with Crippen LogP contribution < -0.4 is 5.32 Å². The molecule has 2 unspecified atom stereocenters. The second-order valence-corrected chi connectivity index (χ2v) is 4.52. The fourth-order valence-electron chi connectivity index (χ4n) is 2.20. The maximum atomic E-state index is 5.46. The topological polar surface area (TPSA) is 30.5 Å². The normalized spacial score (nSPS) is 21.8. The fraction of sp³-hybridized carbons (Fsp3) is 1.00. The summed E-state index contributed by atoms with van der Waals surface area (Å²) in [5.74, 6) is 0.786. The van der Waals surface area contributed by atoms with Crippen molar-refractivity contribution in [2.24, 2.45) is 5.92 Å². The lowest BCUT2D eigenvalue weighted by Gasteiger charge is -2.22. The summed E-state index contributed by atoms with van der Waals surface area (Å²) in [6.45, 7) is 6.08. The Labute approximate surface area is 93.5 Å². The van der Waals surface area contributed by atoms with Crippen molar-refractivity contribution >= 4 is 0 Å². The molecule has 15 heavy (non-hydrogen) atoms. The highest BCUT2D eigenvalue weighted by atomic mass is 16.7. The number of rotatable bonds is 7. The number of ether oxygens (including phenoxy) is 2. The molecule has 0 aromatic heterocycles. The van der Waals surface area contributed by atoms with E-state index >= 15 is 0 Å². The SMILES string of the molecule is CCCC(C)CC(CC1OCCO1)NC. The van der Waals surface area contributed by atoms with Crippen LogP contribution in [0.25, 0.3) is 0 Å². The van der Waals surface area contributed by atoms with Gasteiger partial charge in [-0.3, -0.25) is 0 Å². The van der Waals surface area contributed by atoms with E-state index < -0.39 is 0 Å². The Hall–Kier alpha value is -0.120. The van der Waals surface area contributed by atoms with E-state index in [-0.39, 0.29) is 6.29 Å². The van der Waals surface area contributed by atoms with E-state index in [0.29, 0.717) is 6.04 Å². The van der Waals surface area contributed by atoms with Crippen LogP contribution in [0.3, 0.4) is 0 Å². The van der Waals surface area contributed by atoms with Crippen LogP contribution in [0.4, 0.5) is 0 Å². The zero-order valence-electron chi connectivity index (χ0n) is 10.3. The van der Waals surface area contributed by atoms with E-state index in [2.05, 4.69) is 19.2 Å². The highest BCUT2D eigenvalue weighted by Gasteiger charge is 2.21. The van der Waals surface area contributed by atoms with Crippen LogP contribution in [0.2, 0.25) is 0 Å². The maximum Gasteiger partial charge on any atom is 0.159 e. The summed E-state index contributed by atoms with van der Waals surface area (Å²) in [6, 6.07) is 0.523. The van der Waals surface area contributed by atoms with E-state index in [1.165, 1.54) is 19.3 Å². The molecule has 0 aromatic carbocycles. The number of hydrogen-bond acceptors (Lipinski definition) is 3. The van der Waals surface area contributed by atoms with Gasteiger partial charge in [0, 0.05) is 12.5 Å². The molecule has 1 rings (SSSR count). The van der Waals surface area contributed by atoms with Crippen molar-refractivity contribution in [3.05, 3.63) is 0 Å². The molecule has 0 amide bonds. The molecular weight excluding hydrogens is 190 g/mol. The molecule has 0 bridgehead atoms. The summed E-state index contributed by atoms with van der Waals surface area (Å²) >= 11 is 0. The average Bonchev–Trinajstić information content (AvgIpc) is 2.70. The minimum absolute atomic E-state index is 0.0243. The first kappa shape index (κ1) is 12.9. The first-order valence-corrected chi connectivity index (χ1v) is 6.16. The van der Waals surface area contributed by atoms with Gasteiger partial charge in [0.1, 0.15) is 0 Å². The van der Waals surface area contributed by atoms with Crippen LogP contribution >= 0.6 is 0 Å². The van der Waals surface area contributed by atoms with Crippen LogP contribution in [0.1, 0.15) is 39.5 Å². The van der Waals surface area contributed by atoms with Gasteiger partial charge in [0.05, 0.1) is 13.2 Å². The van der Waals surface area contributed by atoms with E-state index in [4.69, 9.17) is 9.47 Å². The zero-order chi connectivity index (χ0) is 11.1. The van der Waals surface area contributed by atoms with Crippen LogP contribution in [0, 0.1) is 5.92 Å². The maximum absolute atomic E-state index is 5.46. The predicted molar refractivity (Wildman–Crippen MR) is 61.8 cm³/mol. The first-order chi connectivity index (χ1) is 7.26. The molecule has 1 fully saturated rings. The van der Waals surface area contributed by atoms with Gasteiger partial charge in [0.2, 0.25) is 0 Å². The average molecular weight is 215 g/mol. The zero-order valence-corrected chi connectivity index (χ0v) is 10.3. The van der Waals surface area contributed by atoms with Gasteiger partial charge in [0.15, 0.2) is 6.29 Å². The molecule has 1 heterocycles. The lowest BCUT2D eigenvalue weighted by atomic mass is 9.95. The van der Waals surface area contributed by atoms with Crippen molar-refractivity contribution in [1.82, 2.24) is 5.32 Å². The van der Waals surface area contributed by atoms with Crippen LogP contribution in [-0.2, 0) is 9.47 Å². The minimum atomic E-state index is 0.0243. The van der Waals surface area contributed by atoms with E-state index in [9.17, 15) is 0 Å². The second-order valence-electron chi connectivity index (χ2n) is 4.52. The third-order valence-electron chi connectivity index (χ3n) is 3.04. The fourth-order valence-corrected chi connectivity index (χ4v) is 2.20. The van der Waals surface area contributed by atoms with Crippen LogP contribution in [0.5, 0.6) is 0 Å². The predicted octanol–water partition coefficient (Wildman–Crippen LogP) is 2.16. The number of nitrogens with one attached hydrogen (secondary N) is 1. The molecule has 0 radical (unpaired) electrons. The minimum Gasteiger partial charge on any atom is -0.350 e. The second kappa shape index (κ2) is 7.20. The highest BCUT2D eigenvalue weighted by molar-refractivity contribution is 4.71. The first-order valence-electron chi connectivity index (χ1n) is 6.16. The van der Waals surface area contributed by atoms with Crippen LogP contribution in [0.15, 0.2) is 0 Å². The van der Waals surface area contributed by atoms with Crippen molar-refractivity contribution in [3.63, 3.8) is 0 Å². The summed E-state index contributed by atoms with van der Waals surface area (Å²) in [7, 11) is 2.03. The molecule has 0 aliphatic carbocycles. The van der Waals surface area contributed by atoms with Crippen molar-refractivity contribution in [2.45, 2.75) is 51.9 Å². The Kier molecular flexibility index (Phi) is 6.22. The molecule has 1 aliphatic heterocycles. The molecule has 1 saturated heterocycles. The molecule has 0 spiro atoms. The molecule has 90 valence electrons. The summed E-state index contributed by atoms with van der Waals surface area (Å²) < 4.78 is 10.9. The molecule has 0 aromatic rings. The molecule has 3 nitrogen and oxygen atoms in total. The smallest absolute Gasteiger partial charge is 0.159 e. The highest BCUT2D eigenvalue weighted by Crippen LogP contribution is 2.18. The summed E-state index contributed by atoms with van der Waals surface area (Å²) in [5, 5.41) is 3.36. The van der Waals surface area contributed by atoms with Gasteiger partial charge in [-0.1, -0.05) is 26.7 Å². The van der Waals surface area contributed by atoms with Gasteiger partial charge < -0.3 is 14.8 Å². The standard InChI is InChI=1S/C12H25NO2/c1-4-5-10(2)8-11(13-3)9-12-14-6-7-15-12/h10-13H,4-9H2,1-3H3. The van der Waals surface area contributed by atoms with Gasteiger partial charge in [-0.2, -0.15) is 0 Å². The van der Waals surface area contributed by atoms with Crippen LogP contribution in [-0.4, -0.2) is 32.6 Å². The van der Waals surface area contributed by atoms with E-state index in [1.54, 1.807) is 0 Å². The molecule has 0 saturated carbocycles. The molecule has 3 heteroatoms. The van der Waals surface area contributed by atoms with Gasteiger partial charge in [-0.15, -0.1) is 0 Å². The Balaban J connectivity index is 2.21. The van der Waals surface area contributed by atoms with Gasteiger partial charge in [-0.25, -0.2) is 0 Å². The lowest BCUT2D eigenvalue weighted by molar-refractivity contribution is -0.0535. The van der Waals surface area contributed by atoms with Crippen molar-refractivity contribution in [1.29, 1.82) is 0 Å². The molecular formula is C12H25NO2. The molecule has 2 atom stereocenters. The Morgan fingerprint density at radius 2 is 2.00 bits per heavy atom. The van der Waals surface area contributed by atoms with Gasteiger partial charge in [0.25, 0.3) is 0 Å². The van der Waals surface area contributed by atoms with Crippen molar-refractivity contribution in [3.8, 4) is 0 Å². The lowest BCUT2D eigenvalue weighted by Crippen LogP contribution is -2.31. The summed E-state index contributed by atoms with van der Waals surface area (Å²) in [5.41, 5.74) is 0. The van der Waals surface area contributed by atoms with E-state index in [1.807, 2.05) is 7.05 Å². The summed E-state index contributed by atoms with van der Waals surface area (Å²) in [6.07, 6.45) is 4.80. The number of hydrogen-bond donors (Lipinski definition) is 1. The quantitative estimate of drug-likeness (QED) is 0.706. The van der Waals surface area contributed by atoms with E-state index in [0.717, 1.165) is 25.6 Å². The largest absolute Gasteiger partial charge is 0.350 e. The van der Waals surface area contributed by atoms with Crippen molar-refractivity contribution < 1.29 is 9.47 Å². The monoisotopic (exact) mass is 215 g/mol. The van der Waals surface area contributed by atoms with Gasteiger partial charge >= 0.3 is 0 Å². The molecule has 1 aliphatic rings. The third kappa shape index (κ3) is 4.96. The van der Waals surface area contributed by atoms with Gasteiger partial charge in [-0.05, 0) is 19.4 Å². The summed E-state index contributed by atoms with van der Waals surface area (Å²) in [4.78, 5) is 0.